The smallest absolute Gasteiger partial charge is 0.143 e. The monoisotopic (exact) mass is 356 g/mol. The van der Waals surface area contributed by atoms with Crippen LogP contribution >= 0.6 is 0 Å². The minimum atomic E-state index is 0.847. The van der Waals surface area contributed by atoms with Gasteiger partial charge in [0.2, 0.25) is 0 Å². The van der Waals surface area contributed by atoms with Crippen molar-refractivity contribution in [1.29, 1.82) is 0 Å². The van der Waals surface area contributed by atoms with Crippen LogP contribution in [0.2, 0.25) is 0 Å². The molecule has 4 aromatic rings. The molecule has 0 saturated carbocycles. The average Bonchev–Trinajstić information content (AvgIpc) is 3.09. The maximum Gasteiger partial charge on any atom is 0.143 e. The summed E-state index contributed by atoms with van der Waals surface area (Å²) in [5, 5.41) is 2.42. The van der Waals surface area contributed by atoms with Gasteiger partial charge in [-0.1, -0.05) is 93.8 Å². The van der Waals surface area contributed by atoms with Gasteiger partial charge in [-0.25, -0.2) is 0 Å². The van der Waals surface area contributed by atoms with E-state index in [1.54, 1.807) is 0 Å². The van der Waals surface area contributed by atoms with Crippen molar-refractivity contribution >= 4 is 21.9 Å². The second-order valence-corrected chi connectivity index (χ2v) is 7.74. The molecule has 4 rings (SSSR count). The first-order chi connectivity index (χ1) is 13.3. The Morgan fingerprint density at radius 2 is 1.70 bits per heavy atom. The molecule has 0 spiro atoms. The standard InChI is InChI=1S/C26H28O/c1-3-19(2)10-7-8-11-20-16-17-23-24-15-9-14-22(21-12-5-4-6-13-21)26(24)27-25(23)18-20/h4-6,9,12-19H,3,7-8,10-11H2,1-2H3/t19-/m0/s1. The van der Waals surface area contributed by atoms with Gasteiger partial charge in [-0.3, -0.25) is 0 Å². The van der Waals surface area contributed by atoms with Gasteiger partial charge in [-0.2, -0.15) is 0 Å². The Labute approximate surface area is 162 Å². The van der Waals surface area contributed by atoms with Gasteiger partial charge in [0.05, 0.1) is 0 Å². The summed E-state index contributed by atoms with van der Waals surface area (Å²) < 4.78 is 6.34. The molecule has 1 atom stereocenters. The molecule has 0 aliphatic rings. The van der Waals surface area contributed by atoms with E-state index in [4.69, 9.17) is 4.42 Å². The molecular weight excluding hydrogens is 328 g/mol. The minimum Gasteiger partial charge on any atom is -0.455 e. The SMILES string of the molecule is CC[C@H](C)CCCCc1ccc2c(c1)oc1c(-c3ccccc3)cccc12. The molecule has 0 aliphatic heterocycles. The van der Waals surface area contributed by atoms with Crippen LogP contribution in [0.3, 0.4) is 0 Å². The lowest BCUT2D eigenvalue weighted by atomic mass is 9.98. The zero-order chi connectivity index (χ0) is 18.6. The molecule has 0 fully saturated rings. The number of aryl methyl sites for hydroxylation is 1. The summed E-state index contributed by atoms with van der Waals surface area (Å²) >= 11 is 0. The van der Waals surface area contributed by atoms with Crippen LogP contribution in [-0.4, -0.2) is 0 Å². The first-order valence-electron chi connectivity index (χ1n) is 10.3. The fourth-order valence-corrected chi connectivity index (χ4v) is 3.87. The molecular formula is C26H28O. The fraction of sp³-hybridized carbons (Fsp3) is 0.308. The number of benzene rings is 3. The van der Waals surface area contributed by atoms with Crippen molar-refractivity contribution in [2.75, 3.05) is 0 Å². The molecule has 138 valence electrons. The molecule has 0 radical (unpaired) electrons. The third-order valence-electron chi connectivity index (χ3n) is 5.76. The molecule has 1 nitrogen and oxygen atoms in total. The lowest BCUT2D eigenvalue weighted by molar-refractivity contribution is 0.484. The highest BCUT2D eigenvalue weighted by Crippen LogP contribution is 2.36. The van der Waals surface area contributed by atoms with E-state index in [9.17, 15) is 0 Å². The third-order valence-corrected chi connectivity index (χ3v) is 5.76. The largest absolute Gasteiger partial charge is 0.455 e. The van der Waals surface area contributed by atoms with E-state index in [0.717, 1.165) is 23.5 Å². The molecule has 0 saturated heterocycles. The molecule has 0 aliphatic carbocycles. The second-order valence-electron chi connectivity index (χ2n) is 7.74. The van der Waals surface area contributed by atoms with E-state index >= 15 is 0 Å². The Morgan fingerprint density at radius 3 is 2.52 bits per heavy atom. The van der Waals surface area contributed by atoms with E-state index in [0.29, 0.717) is 0 Å². The predicted octanol–water partition coefficient (Wildman–Crippen LogP) is 8.01. The van der Waals surface area contributed by atoms with Crippen molar-refractivity contribution in [2.24, 2.45) is 5.92 Å². The van der Waals surface area contributed by atoms with Crippen LogP contribution in [0.5, 0.6) is 0 Å². The zero-order valence-electron chi connectivity index (χ0n) is 16.4. The minimum absolute atomic E-state index is 0.847. The van der Waals surface area contributed by atoms with Crippen LogP contribution in [0, 0.1) is 5.92 Å². The van der Waals surface area contributed by atoms with Crippen LogP contribution in [0.4, 0.5) is 0 Å². The highest BCUT2D eigenvalue weighted by atomic mass is 16.3. The predicted molar refractivity (Wildman–Crippen MR) is 116 cm³/mol. The maximum absolute atomic E-state index is 6.34. The lowest BCUT2D eigenvalue weighted by Gasteiger charge is -2.07. The van der Waals surface area contributed by atoms with Gasteiger partial charge in [0.15, 0.2) is 0 Å². The lowest BCUT2D eigenvalue weighted by Crippen LogP contribution is -1.93. The number of furan rings is 1. The van der Waals surface area contributed by atoms with Crippen molar-refractivity contribution in [1.82, 2.24) is 0 Å². The van der Waals surface area contributed by atoms with Gasteiger partial charge >= 0.3 is 0 Å². The molecule has 0 amide bonds. The summed E-state index contributed by atoms with van der Waals surface area (Å²) in [5.41, 5.74) is 5.75. The number of para-hydroxylation sites is 1. The number of unbranched alkanes of at least 4 members (excludes halogenated alkanes) is 1. The van der Waals surface area contributed by atoms with E-state index in [2.05, 4.69) is 80.6 Å². The van der Waals surface area contributed by atoms with Crippen molar-refractivity contribution in [3.8, 4) is 11.1 Å². The Bertz CT molecular complexity index is 1030. The van der Waals surface area contributed by atoms with Gasteiger partial charge in [0.25, 0.3) is 0 Å². The van der Waals surface area contributed by atoms with Crippen LogP contribution < -0.4 is 0 Å². The maximum atomic E-state index is 6.34. The molecule has 1 heterocycles. The first kappa shape index (κ1) is 17.9. The second kappa shape index (κ2) is 8.00. The molecule has 1 aromatic heterocycles. The summed E-state index contributed by atoms with van der Waals surface area (Å²) in [5.74, 6) is 0.847. The van der Waals surface area contributed by atoms with Crippen molar-refractivity contribution in [3.63, 3.8) is 0 Å². The van der Waals surface area contributed by atoms with Gasteiger partial charge in [-0.05, 0) is 36.0 Å². The Kier molecular flexibility index (Phi) is 5.29. The molecule has 0 unspecified atom stereocenters. The molecule has 1 heteroatoms. The van der Waals surface area contributed by atoms with Crippen LogP contribution in [0.15, 0.2) is 71.1 Å². The third kappa shape index (κ3) is 3.78. The highest BCUT2D eigenvalue weighted by Gasteiger charge is 2.12. The average molecular weight is 357 g/mol. The van der Waals surface area contributed by atoms with Gasteiger partial charge < -0.3 is 4.42 Å². The normalized spacial score (nSPS) is 12.7. The van der Waals surface area contributed by atoms with Crippen molar-refractivity contribution in [2.45, 2.75) is 46.0 Å². The Balaban J connectivity index is 1.62. The number of hydrogen-bond acceptors (Lipinski definition) is 1. The van der Waals surface area contributed by atoms with Crippen LogP contribution in [-0.2, 0) is 6.42 Å². The highest BCUT2D eigenvalue weighted by molar-refractivity contribution is 6.09. The molecule has 3 aromatic carbocycles. The number of rotatable bonds is 7. The fourth-order valence-electron chi connectivity index (χ4n) is 3.87. The van der Waals surface area contributed by atoms with Crippen LogP contribution in [0.25, 0.3) is 33.1 Å². The van der Waals surface area contributed by atoms with Crippen molar-refractivity contribution in [3.05, 3.63) is 72.3 Å². The van der Waals surface area contributed by atoms with E-state index in [-0.39, 0.29) is 0 Å². The van der Waals surface area contributed by atoms with E-state index in [1.165, 1.54) is 53.1 Å². The summed E-state index contributed by atoms with van der Waals surface area (Å²) in [6.45, 7) is 4.63. The summed E-state index contributed by atoms with van der Waals surface area (Å²) in [7, 11) is 0. The van der Waals surface area contributed by atoms with Gasteiger partial charge in [-0.15, -0.1) is 0 Å². The Hall–Kier alpha value is -2.54. The number of fused-ring (bicyclic) bond motifs is 3. The zero-order valence-corrected chi connectivity index (χ0v) is 16.4. The van der Waals surface area contributed by atoms with E-state index < -0.39 is 0 Å². The van der Waals surface area contributed by atoms with Gasteiger partial charge in [0.1, 0.15) is 11.2 Å². The van der Waals surface area contributed by atoms with Crippen LogP contribution in [0.1, 0.15) is 45.1 Å². The summed E-state index contributed by atoms with van der Waals surface area (Å²) in [6, 6.07) is 23.7. The van der Waals surface area contributed by atoms with Crippen molar-refractivity contribution < 1.29 is 4.42 Å². The summed E-state index contributed by atoms with van der Waals surface area (Å²) in [6.07, 6.45) is 6.32. The Morgan fingerprint density at radius 1 is 0.852 bits per heavy atom. The van der Waals surface area contributed by atoms with Gasteiger partial charge in [0, 0.05) is 16.3 Å². The molecule has 0 bridgehead atoms. The quantitative estimate of drug-likeness (QED) is 0.306. The molecule has 0 N–H and O–H groups in total. The summed E-state index contributed by atoms with van der Waals surface area (Å²) in [4.78, 5) is 0. The first-order valence-corrected chi connectivity index (χ1v) is 10.3. The topological polar surface area (TPSA) is 13.1 Å². The molecule has 27 heavy (non-hydrogen) atoms. The van der Waals surface area contributed by atoms with E-state index in [1.807, 2.05) is 0 Å². The number of hydrogen-bond donors (Lipinski definition) is 0.